The summed E-state index contributed by atoms with van der Waals surface area (Å²) in [5, 5.41) is -1.23. The number of halogens is 6. The lowest BCUT2D eigenvalue weighted by molar-refractivity contribution is 0.443. The molecular formula is C12H8F6N2O2S2. The summed E-state index contributed by atoms with van der Waals surface area (Å²) < 4.78 is 95.8. The molecule has 0 fully saturated rings. The maximum atomic E-state index is 12.7. The molecule has 2 aromatic heterocycles. The molecule has 0 spiro atoms. The van der Waals surface area contributed by atoms with Crippen LogP contribution in [0, 0.1) is 35.2 Å². The molecule has 12 heteroatoms. The van der Waals surface area contributed by atoms with Gasteiger partial charge in [-0.25, -0.2) is 35.9 Å². The molecule has 0 N–H and O–H groups in total. The third-order valence-corrected chi connectivity index (χ3v) is 3.92. The minimum atomic E-state index is -3.97. The van der Waals surface area contributed by atoms with Gasteiger partial charge in [0.25, 0.3) is 0 Å². The first-order valence-electron chi connectivity index (χ1n) is 5.74. The molecule has 0 unspecified atom stereocenters. The number of nitrogens with zero attached hydrogens (tertiary/aromatic N) is 2. The summed E-state index contributed by atoms with van der Waals surface area (Å²) in [6.07, 6.45) is 2.18. The quantitative estimate of drug-likeness (QED) is 0.448. The SMILES string of the molecule is CS(=O)(=O)c1nc(F)c(F)cc1F.CSc1nc(F)c(F)cc1F. The molecule has 0 bridgehead atoms. The Bertz CT molecular complexity index is 861. The van der Waals surface area contributed by atoms with Crippen molar-refractivity contribution < 1.29 is 34.8 Å². The van der Waals surface area contributed by atoms with Crippen LogP contribution in [0.2, 0.25) is 0 Å². The van der Waals surface area contributed by atoms with Gasteiger partial charge in [-0.2, -0.15) is 8.78 Å². The summed E-state index contributed by atoms with van der Waals surface area (Å²) in [6.45, 7) is 0. The lowest BCUT2D eigenvalue weighted by atomic mass is 10.4. The zero-order valence-corrected chi connectivity index (χ0v) is 13.6. The molecule has 2 aromatic rings. The number of sulfone groups is 1. The molecule has 0 amide bonds. The molecule has 0 saturated heterocycles. The van der Waals surface area contributed by atoms with Gasteiger partial charge < -0.3 is 0 Å². The molecule has 0 aliphatic heterocycles. The third kappa shape index (κ3) is 5.09. The fourth-order valence-electron chi connectivity index (χ4n) is 1.26. The molecule has 24 heavy (non-hydrogen) atoms. The van der Waals surface area contributed by atoms with Gasteiger partial charge in [0.2, 0.25) is 11.9 Å². The smallest absolute Gasteiger partial charge is 0.222 e. The molecule has 0 radical (unpaired) electrons. The van der Waals surface area contributed by atoms with Gasteiger partial charge in [-0.05, 0) is 6.26 Å². The van der Waals surface area contributed by atoms with Crippen LogP contribution in [0.5, 0.6) is 0 Å². The summed E-state index contributed by atoms with van der Waals surface area (Å²) >= 11 is 0.926. The highest BCUT2D eigenvalue weighted by atomic mass is 32.2. The Hall–Kier alpha value is -1.82. The van der Waals surface area contributed by atoms with E-state index >= 15 is 0 Å². The average molecular weight is 390 g/mol. The highest BCUT2D eigenvalue weighted by molar-refractivity contribution is 7.98. The fourth-order valence-corrected chi connectivity index (χ4v) is 2.34. The molecule has 0 aromatic carbocycles. The van der Waals surface area contributed by atoms with Crippen molar-refractivity contribution in [2.24, 2.45) is 0 Å². The van der Waals surface area contributed by atoms with E-state index in [1.807, 2.05) is 0 Å². The van der Waals surface area contributed by atoms with E-state index in [1.54, 1.807) is 0 Å². The monoisotopic (exact) mass is 390 g/mol. The summed E-state index contributed by atoms with van der Waals surface area (Å²) in [7, 11) is -3.97. The molecule has 132 valence electrons. The minimum Gasteiger partial charge on any atom is -0.222 e. The second-order valence-corrected chi connectivity index (χ2v) is 6.80. The predicted molar refractivity (Wildman–Crippen MR) is 73.1 cm³/mol. The van der Waals surface area contributed by atoms with Crippen LogP contribution in [-0.2, 0) is 9.84 Å². The van der Waals surface area contributed by atoms with Crippen molar-refractivity contribution in [3.8, 4) is 0 Å². The topological polar surface area (TPSA) is 59.9 Å². The summed E-state index contributed by atoms with van der Waals surface area (Å²) in [6, 6.07) is 0.618. The maximum absolute atomic E-state index is 12.7. The zero-order valence-electron chi connectivity index (χ0n) is 11.9. The van der Waals surface area contributed by atoms with Gasteiger partial charge in [0.15, 0.2) is 38.1 Å². The third-order valence-electron chi connectivity index (χ3n) is 2.25. The van der Waals surface area contributed by atoms with Crippen LogP contribution in [0.25, 0.3) is 0 Å². The zero-order chi connectivity index (χ0) is 18.7. The molecule has 0 aliphatic rings. The first kappa shape index (κ1) is 20.2. The van der Waals surface area contributed by atoms with Gasteiger partial charge in [-0.1, -0.05) is 0 Å². The largest absolute Gasteiger partial charge is 0.250 e. The van der Waals surface area contributed by atoms with E-state index in [4.69, 9.17) is 0 Å². The van der Waals surface area contributed by atoms with Crippen molar-refractivity contribution in [3.63, 3.8) is 0 Å². The van der Waals surface area contributed by atoms with Gasteiger partial charge in [0, 0.05) is 18.4 Å². The van der Waals surface area contributed by atoms with Crippen molar-refractivity contribution in [1.82, 2.24) is 9.97 Å². The van der Waals surface area contributed by atoms with Gasteiger partial charge in [0.05, 0.1) is 0 Å². The first-order valence-corrected chi connectivity index (χ1v) is 8.86. The van der Waals surface area contributed by atoms with Crippen molar-refractivity contribution in [2.75, 3.05) is 12.5 Å². The lowest BCUT2D eigenvalue weighted by Gasteiger charge is -1.99. The van der Waals surface area contributed by atoms with Gasteiger partial charge >= 0.3 is 0 Å². The second kappa shape index (κ2) is 7.83. The Morgan fingerprint density at radius 1 is 0.833 bits per heavy atom. The van der Waals surface area contributed by atoms with Gasteiger partial charge in [-0.3, -0.25) is 0 Å². The van der Waals surface area contributed by atoms with Crippen molar-refractivity contribution in [2.45, 2.75) is 10.1 Å². The Morgan fingerprint density at radius 3 is 1.75 bits per heavy atom. The number of thioether (sulfide) groups is 1. The number of pyridine rings is 2. The lowest BCUT2D eigenvalue weighted by Crippen LogP contribution is -2.07. The van der Waals surface area contributed by atoms with Crippen LogP contribution < -0.4 is 0 Å². The van der Waals surface area contributed by atoms with Crippen molar-refractivity contribution in [3.05, 3.63) is 47.3 Å². The first-order chi connectivity index (χ1) is 11.0. The van der Waals surface area contributed by atoms with E-state index in [9.17, 15) is 34.8 Å². The number of hydrogen-bond donors (Lipinski definition) is 0. The predicted octanol–water partition coefficient (Wildman–Crippen LogP) is 3.12. The summed E-state index contributed by atoms with van der Waals surface area (Å²) in [5.41, 5.74) is 0. The van der Waals surface area contributed by atoms with E-state index in [0.29, 0.717) is 12.3 Å². The van der Waals surface area contributed by atoms with E-state index in [-0.39, 0.29) is 11.1 Å². The van der Waals surface area contributed by atoms with E-state index in [2.05, 4.69) is 9.97 Å². The van der Waals surface area contributed by atoms with E-state index < -0.39 is 50.0 Å². The minimum absolute atomic E-state index is 0.135. The standard InChI is InChI=1S/C6H4F3NO2S.C6H4F3NS/c1-13(11,12)6-4(8)2-3(7)5(9)10-6;1-11-6-4(8)2-3(7)5(9)10-6/h2H,1H3;2H,1H3. The number of aromatic nitrogens is 2. The van der Waals surface area contributed by atoms with Crippen molar-refractivity contribution >= 4 is 21.6 Å². The van der Waals surface area contributed by atoms with Crippen LogP contribution in [0.4, 0.5) is 26.3 Å². The van der Waals surface area contributed by atoms with Crippen LogP contribution in [0.15, 0.2) is 22.2 Å². The average Bonchev–Trinajstić information content (AvgIpc) is 2.46. The number of hydrogen-bond acceptors (Lipinski definition) is 5. The van der Waals surface area contributed by atoms with Gasteiger partial charge in [-0.15, -0.1) is 11.8 Å². The Kier molecular flexibility index (Phi) is 6.60. The van der Waals surface area contributed by atoms with E-state index in [1.165, 1.54) is 6.26 Å². The summed E-state index contributed by atoms with van der Waals surface area (Å²) in [5.74, 6) is -7.93. The normalized spacial score (nSPS) is 11.0. The summed E-state index contributed by atoms with van der Waals surface area (Å²) in [4.78, 5) is 5.68. The van der Waals surface area contributed by atoms with Crippen LogP contribution >= 0.6 is 11.8 Å². The molecule has 2 heterocycles. The Balaban J connectivity index is 0.000000243. The Labute approximate surface area is 136 Å². The molecule has 0 aliphatic carbocycles. The fraction of sp³-hybridized carbons (Fsp3) is 0.167. The highest BCUT2D eigenvalue weighted by Crippen LogP contribution is 2.18. The maximum Gasteiger partial charge on any atom is 0.250 e. The van der Waals surface area contributed by atoms with Gasteiger partial charge in [0.1, 0.15) is 5.03 Å². The second-order valence-electron chi connectivity index (χ2n) is 4.07. The van der Waals surface area contributed by atoms with Crippen LogP contribution in [0.3, 0.4) is 0 Å². The molecular weight excluding hydrogens is 382 g/mol. The van der Waals surface area contributed by atoms with E-state index in [0.717, 1.165) is 11.8 Å². The molecule has 4 nitrogen and oxygen atoms in total. The van der Waals surface area contributed by atoms with Crippen LogP contribution in [-0.4, -0.2) is 30.9 Å². The van der Waals surface area contributed by atoms with Crippen LogP contribution in [0.1, 0.15) is 0 Å². The highest BCUT2D eigenvalue weighted by Gasteiger charge is 2.19. The Morgan fingerprint density at radius 2 is 1.29 bits per heavy atom. The number of rotatable bonds is 2. The van der Waals surface area contributed by atoms with Crippen molar-refractivity contribution in [1.29, 1.82) is 0 Å². The molecule has 0 saturated carbocycles. The molecule has 0 atom stereocenters. The molecule has 2 rings (SSSR count).